The van der Waals surface area contributed by atoms with E-state index in [0.29, 0.717) is 32.3 Å². The number of fused-ring (bicyclic) bond motifs is 1. The molecule has 148 valence electrons. The molecule has 6 nitrogen and oxygen atoms in total. The second-order valence-corrected chi connectivity index (χ2v) is 7.13. The van der Waals surface area contributed by atoms with Crippen LogP contribution in [-0.4, -0.2) is 25.9 Å². The molecule has 0 aromatic heterocycles. The van der Waals surface area contributed by atoms with Crippen molar-refractivity contribution in [1.29, 1.82) is 0 Å². The maximum atomic E-state index is 12.5. The van der Waals surface area contributed by atoms with Gasteiger partial charge in [0.15, 0.2) is 11.5 Å². The predicted molar refractivity (Wildman–Crippen MR) is 106 cm³/mol. The average molecular weight is 382 g/mol. The largest absolute Gasteiger partial charge is 0.494 e. The summed E-state index contributed by atoms with van der Waals surface area (Å²) in [4.78, 5) is 12.5. The molecule has 1 aliphatic heterocycles. The number of rotatable bonds is 7. The first-order valence-electron chi connectivity index (χ1n) is 9.88. The first-order valence-corrected chi connectivity index (χ1v) is 9.88. The van der Waals surface area contributed by atoms with E-state index in [0.717, 1.165) is 41.2 Å². The minimum atomic E-state index is -0.173. The fourth-order valence-corrected chi connectivity index (χ4v) is 3.44. The second kappa shape index (κ2) is 8.42. The molecule has 2 aromatic rings. The van der Waals surface area contributed by atoms with Crippen molar-refractivity contribution >= 4 is 6.03 Å². The van der Waals surface area contributed by atoms with Crippen LogP contribution in [0.25, 0.3) is 0 Å². The molecule has 28 heavy (non-hydrogen) atoms. The van der Waals surface area contributed by atoms with Gasteiger partial charge in [-0.3, -0.25) is 0 Å². The highest BCUT2D eigenvalue weighted by molar-refractivity contribution is 5.74. The van der Waals surface area contributed by atoms with E-state index in [9.17, 15) is 4.79 Å². The Labute approximate surface area is 165 Å². The summed E-state index contributed by atoms with van der Waals surface area (Å²) in [5, 5.41) is 6.09. The van der Waals surface area contributed by atoms with Crippen LogP contribution in [0.2, 0.25) is 0 Å². The number of nitrogens with one attached hydrogen (secondary N) is 2. The van der Waals surface area contributed by atoms with Crippen LogP contribution in [0.3, 0.4) is 0 Å². The maximum absolute atomic E-state index is 12.5. The molecule has 1 aliphatic carbocycles. The van der Waals surface area contributed by atoms with Gasteiger partial charge in [0, 0.05) is 6.54 Å². The number of carbonyl (C=O) groups excluding carboxylic acids is 1. The van der Waals surface area contributed by atoms with Crippen LogP contribution in [0.5, 0.6) is 17.2 Å². The standard InChI is InChI=1S/C22H26N2O4/c1-2-26-18-5-3-4-15(12-18)14-23-22(25)24-21(16-6-7-16)17-8-9-19-20(13-17)28-11-10-27-19/h3-5,8-9,12-13,16,21H,2,6-7,10-11,14H2,1H3,(H2,23,24,25). The SMILES string of the molecule is CCOc1cccc(CNC(=O)NC(c2ccc3c(c2)OCCO3)C2CC2)c1. The zero-order valence-corrected chi connectivity index (χ0v) is 16.1. The lowest BCUT2D eigenvalue weighted by Gasteiger charge is -2.23. The molecule has 4 rings (SSSR count). The zero-order valence-electron chi connectivity index (χ0n) is 16.1. The van der Waals surface area contributed by atoms with E-state index in [-0.39, 0.29) is 12.1 Å². The Morgan fingerprint density at radius 3 is 2.75 bits per heavy atom. The molecular weight excluding hydrogens is 356 g/mol. The number of carbonyl (C=O) groups is 1. The number of hydrogen-bond donors (Lipinski definition) is 2. The molecular formula is C22H26N2O4. The van der Waals surface area contributed by atoms with Gasteiger partial charge in [-0.1, -0.05) is 18.2 Å². The smallest absolute Gasteiger partial charge is 0.315 e. The Hall–Kier alpha value is -2.89. The predicted octanol–water partition coefficient (Wildman–Crippen LogP) is 3.81. The molecule has 1 saturated carbocycles. The third-order valence-electron chi connectivity index (χ3n) is 4.97. The maximum Gasteiger partial charge on any atom is 0.315 e. The Kier molecular flexibility index (Phi) is 5.55. The van der Waals surface area contributed by atoms with Crippen molar-refractivity contribution in [2.75, 3.05) is 19.8 Å². The Morgan fingerprint density at radius 2 is 1.96 bits per heavy atom. The average Bonchev–Trinajstić information content (AvgIpc) is 3.56. The van der Waals surface area contributed by atoms with E-state index in [4.69, 9.17) is 14.2 Å². The van der Waals surface area contributed by atoms with Gasteiger partial charge in [-0.25, -0.2) is 4.79 Å². The normalized spacial score (nSPS) is 16.2. The van der Waals surface area contributed by atoms with Crippen LogP contribution in [0.15, 0.2) is 42.5 Å². The van der Waals surface area contributed by atoms with Crippen LogP contribution in [0.1, 0.15) is 36.9 Å². The molecule has 2 amide bonds. The van der Waals surface area contributed by atoms with Gasteiger partial charge < -0.3 is 24.8 Å². The van der Waals surface area contributed by atoms with Gasteiger partial charge in [-0.05, 0) is 61.1 Å². The highest BCUT2D eigenvalue weighted by Gasteiger charge is 2.34. The van der Waals surface area contributed by atoms with Crippen molar-refractivity contribution in [3.05, 3.63) is 53.6 Å². The lowest BCUT2D eigenvalue weighted by Crippen LogP contribution is -2.38. The van der Waals surface area contributed by atoms with E-state index in [1.54, 1.807) is 0 Å². The summed E-state index contributed by atoms with van der Waals surface area (Å²) in [6.45, 7) is 4.15. The summed E-state index contributed by atoms with van der Waals surface area (Å²) in [6.07, 6.45) is 2.24. The van der Waals surface area contributed by atoms with Crippen molar-refractivity contribution in [3.63, 3.8) is 0 Å². The number of benzene rings is 2. The summed E-state index contributed by atoms with van der Waals surface area (Å²) < 4.78 is 16.8. The third kappa shape index (κ3) is 4.50. The number of amides is 2. The van der Waals surface area contributed by atoms with Crippen molar-refractivity contribution in [3.8, 4) is 17.2 Å². The molecule has 6 heteroatoms. The van der Waals surface area contributed by atoms with E-state index >= 15 is 0 Å². The van der Waals surface area contributed by atoms with Crippen molar-refractivity contribution < 1.29 is 19.0 Å². The Balaban J connectivity index is 1.38. The summed E-state index contributed by atoms with van der Waals surface area (Å²) in [6, 6.07) is 13.5. The van der Waals surface area contributed by atoms with Gasteiger partial charge in [0.05, 0.1) is 12.6 Å². The van der Waals surface area contributed by atoms with Gasteiger partial charge in [0.25, 0.3) is 0 Å². The van der Waals surface area contributed by atoms with Crippen LogP contribution in [0, 0.1) is 5.92 Å². The molecule has 0 radical (unpaired) electrons. The van der Waals surface area contributed by atoms with E-state index in [2.05, 4.69) is 10.6 Å². The molecule has 2 aliphatic rings. The Morgan fingerprint density at radius 1 is 1.14 bits per heavy atom. The topological polar surface area (TPSA) is 68.8 Å². The fraction of sp³-hybridized carbons (Fsp3) is 0.409. The molecule has 2 aromatic carbocycles. The lowest BCUT2D eigenvalue weighted by atomic mass is 10.0. The first-order chi connectivity index (χ1) is 13.7. The fourth-order valence-electron chi connectivity index (χ4n) is 3.44. The van der Waals surface area contributed by atoms with E-state index in [1.807, 2.05) is 49.4 Å². The van der Waals surface area contributed by atoms with E-state index < -0.39 is 0 Å². The lowest BCUT2D eigenvalue weighted by molar-refractivity contribution is 0.171. The number of urea groups is 1. The number of hydrogen-bond acceptors (Lipinski definition) is 4. The van der Waals surface area contributed by atoms with Gasteiger partial charge >= 0.3 is 6.03 Å². The van der Waals surface area contributed by atoms with Crippen molar-refractivity contribution in [2.45, 2.75) is 32.4 Å². The second-order valence-electron chi connectivity index (χ2n) is 7.13. The molecule has 0 saturated heterocycles. The molecule has 1 fully saturated rings. The van der Waals surface area contributed by atoms with Crippen molar-refractivity contribution in [1.82, 2.24) is 10.6 Å². The van der Waals surface area contributed by atoms with E-state index in [1.165, 1.54) is 0 Å². The van der Waals surface area contributed by atoms with Crippen LogP contribution < -0.4 is 24.8 Å². The van der Waals surface area contributed by atoms with Crippen molar-refractivity contribution in [2.24, 2.45) is 5.92 Å². The van der Waals surface area contributed by atoms with Gasteiger partial charge in [0.1, 0.15) is 19.0 Å². The van der Waals surface area contributed by atoms with Crippen LogP contribution >= 0.6 is 0 Å². The minimum Gasteiger partial charge on any atom is -0.494 e. The third-order valence-corrected chi connectivity index (χ3v) is 4.97. The summed E-state index contributed by atoms with van der Waals surface area (Å²) >= 11 is 0. The van der Waals surface area contributed by atoms with Crippen LogP contribution in [-0.2, 0) is 6.54 Å². The van der Waals surface area contributed by atoms with Gasteiger partial charge in [0.2, 0.25) is 0 Å². The Bertz CT molecular complexity index is 835. The summed E-state index contributed by atoms with van der Waals surface area (Å²) in [7, 11) is 0. The van der Waals surface area contributed by atoms with Gasteiger partial charge in [-0.15, -0.1) is 0 Å². The first kappa shape index (κ1) is 18.5. The molecule has 0 bridgehead atoms. The highest BCUT2D eigenvalue weighted by Crippen LogP contribution is 2.43. The van der Waals surface area contributed by atoms with Crippen LogP contribution in [0.4, 0.5) is 4.79 Å². The monoisotopic (exact) mass is 382 g/mol. The molecule has 1 heterocycles. The summed E-state index contributed by atoms with van der Waals surface area (Å²) in [5.41, 5.74) is 2.06. The molecule has 1 unspecified atom stereocenters. The highest BCUT2D eigenvalue weighted by atomic mass is 16.6. The molecule has 2 N–H and O–H groups in total. The zero-order chi connectivity index (χ0) is 19.3. The minimum absolute atomic E-state index is 0.0226. The molecule has 0 spiro atoms. The van der Waals surface area contributed by atoms with Gasteiger partial charge in [-0.2, -0.15) is 0 Å². The quantitative estimate of drug-likeness (QED) is 0.764. The summed E-state index contributed by atoms with van der Waals surface area (Å²) in [5.74, 6) is 2.80. The molecule has 1 atom stereocenters. The number of ether oxygens (including phenoxy) is 3.